The van der Waals surface area contributed by atoms with E-state index in [0.29, 0.717) is 5.82 Å². The van der Waals surface area contributed by atoms with Crippen molar-refractivity contribution in [1.29, 1.82) is 0 Å². The molecule has 10 heteroatoms. The van der Waals surface area contributed by atoms with E-state index >= 15 is 0 Å². The third kappa shape index (κ3) is 3.32. The van der Waals surface area contributed by atoms with Gasteiger partial charge in [0.15, 0.2) is 4.90 Å². The Morgan fingerprint density at radius 2 is 2.13 bits per heavy atom. The molecule has 1 aromatic heterocycles. The summed E-state index contributed by atoms with van der Waals surface area (Å²) in [5, 5.41) is 11.2. The van der Waals surface area contributed by atoms with Crippen LogP contribution in [0, 0.1) is 10.1 Å². The maximum atomic E-state index is 12.6. The van der Waals surface area contributed by atoms with Gasteiger partial charge >= 0.3 is 0 Å². The summed E-state index contributed by atoms with van der Waals surface area (Å²) < 4.78 is 32.9. The van der Waals surface area contributed by atoms with Crippen molar-refractivity contribution in [3.63, 3.8) is 0 Å². The zero-order valence-corrected chi connectivity index (χ0v) is 13.6. The molecular formula is C13H16N4O5S. The van der Waals surface area contributed by atoms with Gasteiger partial charge in [-0.25, -0.2) is 13.4 Å². The first-order valence-corrected chi connectivity index (χ1v) is 7.96. The minimum absolute atomic E-state index is 0.00494. The highest BCUT2D eigenvalue weighted by molar-refractivity contribution is 7.89. The summed E-state index contributed by atoms with van der Waals surface area (Å²) in [6, 6.07) is 3.62. The van der Waals surface area contributed by atoms with Crippen molar-refractivity contribution >= 4 is 15.7 Å². The van der Waals surface area contributed by atoms with Gasteiger partial charge in [-0.2, -0.15) is 4.31 Å². The number of nitro groups is 1. The van der Waals surface area contributed by atoms with Crippen molar-refractivity contribution in [3.8, 4) is 5.75 Å². The first-order valence-electron chi connectivity index (χ1n) is 6.52. The summed E-state index contributed by atoms with van der Waals surface area (Å²) in [5.41, 5.74) is -0.531. The van der Waals surface area contributed by atoms with Crippen LogP contribution in [0.15, 0.2) is 35.5 Å². The SMILES string of the molecule is COc1ccc(S(=O)(=O)N(C)Cc2nccn2C)c([N+](=O)[O-])c1. The number of nitro benzene ring substituents is 1. The minimum Gasteiger partial charge on any atom is -0.497 e. The standard InChI is InChI=1S/C13H16N4O5S/c1-15-7-6-14-13(15)9-16(2)23(20,21)12-5-4-10(22-3)8-11(12)17(18)19/h4-8H,9H2,1-3H3. The largest absolute Gasteiger partial charge is 0.497 e. The summed E-state index contributed by atoms with van der Waals surface area (Å²) in [6.45, 7) is -0.00494. The van der Waals surface area contributed by atoms with E-state index in [1.807, 2.05) is 0 Å². The monoisotopic (exact) mass is 340 g/mol. The molecular weight excluding hydrogens is 324 g/mol. The molecule has 0 atom stereocenters. The number of hydrogen-bond acceptors (Lipinski definition) is 6. The number of ether oxygens (including phenoxy) is 1. The van der Waals surface area contributed by atoms with Crippen LogP contribution in [-0.4, -0.2) is 41.4 Å². The number of hydrogen-bond donors (Lipinski definition) is 0. The van der Waals surface area contributed by atoms with Crippen LogP contribution in [0.2, 0.25) is 0 Å². The maximum Gasteiger partial charge on any atom is 0.293 e. The average Bonchev–Trinajstić information content (AvgIpc) is 2.91. The first kappa shape index (κ1) is 16.9. The van der Waals surface area contributed by atoms with Gasteiger partial charge in [0.05, 0.1) is 24.6 Å². The quantitative estimate of drug-likeness (QED) is 0.577. The van der Waals surface area contributed by atoms with Crippen molar-refractivity contribution < 1.29 is 18.1 Å². The molecule has 9 nitrogen and oxygen atoms in total. The molecule has 1 heterocycles. The second-order valence-electron chi connectivity index (χ2n) is 4.81. The van der Waals surface area contributed by atoms with Gasteiger partial charge in [0, 0.05) is 26.5 Å². The van der Waals surface area contributed by atoms with Crippen LogP contribution in [0.25, 0.3) is 0 Å². The molecule has 0 aliphatic carbocycles. The molecule has 0 fully saturated rings. The number of benzene rings is 1. The Balaban J connectivity index is 2.43. The van der Waals surface area contributed by atoms with E-state index in [9.17, 15) is 18.5 Å². The molecule has 0 radical (unpaired) electrons. The molecule has 0 saturated carbocycles. The molecule has 0 aliphatic rings. The lowest BCUT2D eigenvalue weighted by Gasteiger charge is -2.17. The highest BCUT2D eigenvalue weighted by Crippen LogP contribution is 2.30. The Hall–Kier alpha value is -2.46. The van der Waals surface area contributed by atoms with Crippen LogP contribution < -0.4 is 4.74 Å². The lowest BCUT2D eigenvalue weighted by molar-refractivity contribution is -0.387. The summed E-state index contributed by atoms with van der Waals surface area (Å²) in [7, 11) is 0.378. The summed E-state index contributed by atoms with van der Waals surface area (Å²) in [4.78, 5) is 14.1. The molecule has 2 aromatic rings. The second-order valence-corrected chi connectivity index (χ2v) is 6.82. The van der Waals surface area contributed by atoms with Gasteiger partial charge in [-0.05, 0) is 12.1 Å². The average molecular weight is 340 g/mol. The fourth-order valence-corrected chi connectivity index (χ4v) is 3.24. The third-order valence-corrected chi connectivity index (χ3v) is 5.19. The lowest BCUT2D eigenvalue weighted by Crippen LogP contribution is -2.28. The summed E-state index contributed by atoms with van der Waals surface area (Å²) in [6.07, 6.45) is 3.23. The summed E-state index contributed by atoms with van der Waals surface area (Å²) in [5.74, 6) is 0.731. The number of sulfonamides is 1. The number of imidazole rings is 1. The van der Waals surface area contributed by atoms with Crippen molar-refractivity contribution in [2.45, 2.75) is 11.4 Å². The number of aromatic nitrogens is 2. The molecule has 0 N–H and O–H groups in total. The zero-order chi connectivity index (χ0) is 17.2. The smallest absolute Gasteiger partial charge is 0.293 e. The van der Waals surface area contributed by atoms with Gasteiger partial charge in [-0.1, -0.05) is 0 Å². The molecule has 1 aromatic carbocycles. The van der Waals surface area contributed by atoms with Crippen molar-refractivity contribution in [2.24, 2.45) is 7.05 Å². The first-order chi connectivity index (χ1) is 10.8. The number of rotatable bonds is 6. The van der Waals surface area contributed by atoms with Gasteiger partial charge in [-0.3, -0.25) is 10.1 Å². The number of methoxy groups -OCH3 is 1. The van der Waals surface area contributed by atoms with E-state index < -0.39 is 20.6 Å². The number of nitrogens with zero attached hydrogens (tertiary/aromatic N) is 4. The molecule has 0 aliphatic heterocycles. The van der Waals surface area contributed by atoms with Gasteiger partial charge in [0.1, 0.15) is 11.6 Å². The molecule has 0 bridgehead atoms. The van der Waals surface area contributed by atoms with Crippen molar-refractivity contribution in [2.75, 3.05) is 14.2 Å². The number of aryl methyl sites for hydroxylation is 1. The van der Waals surface area contributed by atoms with Gasteiger partial charge in [0.25, 0.3) is 5.69 Å². The zero-order valence-electron chi connectivity index (χ0n) is 12.8. The van der Waals surface area contributed by atoms with Crippen LogP contribution in [0.1, 0.15) is 5.82 Å². The van der Waals surface area contributed by atoms with Crippen LogP contribution in [0.5, 0.6) is 5.75 Å². The Labute approximate surface area is 133 Å². The molecule has 0 saturated heterocycles. The normalized spacial score (nSPS) is 11.7. The molecule has 0 spiro atoms. The van der Waals surface area contributed by atoms with Crippen LogP contribution in [0.4, 0.5) is 5.69 Å². The fraction of sp³-hybridized carbons (Fsp3) is 0.308. The highest BCUT2D eigenvalue weighted by Gasteiger charge is 2.30. The molecule has 124 valence electrons. The fourth-order valence-electron chi connectivity index (χ4n) is 1.99. The predicted molar refractivity (Wildman–Crippen MR) is 81.5 cm³/mol. The van der Waals surface area contributed by atoms with E-state index in [0.717, 1.165) is 10.4 Å². The van der Waals surface area contributed by atoms with Crippen LogP contribution >= 0.6 is 0 Å². The second kappa shape index (κ2) is 6.34. The van der Waals surface area contributed by atoms with E-state index in [2.05, 4.69) is 4.98 Å². The van der Waals surface area contributed by atoms with E-state index in [4.69, 9.17) is 4.74 Å². The molecule has 23 heavy (non-hydrogen) atoms. The van der Waals surface area contributed by atoms with Gasteiger partial charge < -0.3 is 9.30 Å². The predicted octanol–water partition coefficient (Wildman–Crippen LogP) is 1.16. The molecule has 0 amide bonds. The topological polar surface area (TPSA) is 108 Å². The molecule has 0 unspecified atom stereocenters. The van der Waals surface area contributed by atoms with Gasteiger partial charge in [-0.15, -0.1) is 0 Å². The molecule has 2 rings (SSSR count). The van der Waals surface area contributed by atoms with Crippen LogP contribution in [0.3, 0.4) is 0 Å². The Kier molecular flexibility index (Phi) is 4.66. The Morgan fingerprint density at radius 3 is 2.65 bits per heavy atom. The third-order valence-electron chi connectivity index (χ3n) is 3.34. The van der Waals surface area contributed by atoms with Crippen LogP contribution in [-0.2, 0) is 23.6 Å². The minimum atomic E-state index is -4.05. The summed E-state index contributed by atoms with van der Waals surface area (Å²) >= 11 is 0. The maximum absolute atomic E-state index is 12.6. The highest BCUT2D eigenvalue weighted by atomic mass is 32.2. The van der Waals surface area contributed by atoms with E-state index in [-0.39, 0.29) is 17.2 Å². The van der Waals surface area contributed by atoms with Crippen molar-refractivity contribution in [3.05, 3.63) is 46.5 Å². The van der Waals surface area contributed by atoms with Crippen molar-refractivity contribution in [1.82, 2.24) is 13.9 Å². The lowest BCUT2D eigenvalue weighted by atomic mass is 10.3. The van der Waals surface area contributed by atoms with E-state index in [1.165, 1.54) is 26.3 Å². The van der Waals surface area contributed by atoms with E-state index in [1.54, 1.807) is 24.0 Å². The van der Waals surface area contributed by atoms with Gasteiger partial charge in [0.2, 0.25) is 10.0 Å². The Morgan fingerprint density at radius 1 is 1.43 bits per heavy atom. The Bertz CT molecular complexity index is 831.